The van der Waals surface area contributed by atoms with E-state index in [4.69, 9.17) is 9.84 Å². The fraction of sp³-hybridized carbons (Fsp3) is 0.375. The van der Waals surface area contributed by atoms with Crippen molar-refractivity contribution in [3.63, 3.8) is 0 Å². The summed E-state index contributed by atoms with van der Waals surface area (Å²) < 4.78 is 5.45. The van der Waals surface area contributed by atoms with Crippen LogP contribution in [0.2, 0.25) is 0 Å². The number of benzene rings is 1. The summed E-state index contributed by atoms with van der Waals surface area (Å²) in [5.41, 5.74) is 0.348. The first-order valence-corrected chi connectivity index (χ1v) is 8.57. The molecule has 9 heteroatoms. The standard InChI is InChI=1S/C16H18N2O6S/c1-2-24-11-6-4-3-5-10(11)18-15(22)12(25-16(18)23)9-13(19)17-8-7-14(20)21/h3-6,12H,2,7-9H2,1H3,(H,17,19)(H,20,21). The number of hydrogen-bond acceptors (Lipinski definition) is 6. The molecule has 25 heavy (non-hydrogen) atoms. The summed E-state index contributed by atoms with van der Waals surface area (Å²) in [4.78, 5) is 48.1. The number of ether oxygens (including phenoxy) is 1. The third-order valence-corrected chi connectivity index (χ3v) is 4.40. The third-order valence-electron chi connectivity index (χ3n) is 3.36. The molecular formula is C16H18N2O6S. The normalized spacial score (nSPS) is 16.8. The Labute approximate surface area is 148 Å². The monoisotopic (exact) mass is 366 g/mol. The van der Waals surface area contributed by atoms with Crippen LogP contribution >= 0.6 is 11.8 Å². The summed E-state index contributed by atoms with van der Waals surface area (Å²) in [6, 6.07) is 6.70. The number of anilines is 1. The first-order valence-electron chi connectivity index (χ1n) is 7.69. The van der Waals surface area contributed by atoms with Crippen molar-refractivity contribution in [3.05, 3.63) is 24.3 Å². The highest BCUT2D eigenvalue weighted by molar-refractivity contribution is 8.15. The average molecular weight is 366 g/mol. The van der Waals surface area contributed by atoms with E-state index in [0.717, 1.165) is 16.7 Å². The molecule has 1 saturated heterocycles. The average Bonchev–Trinajstić information content (AvgIpc) is 2.82. The number of amides is 3. The van der Waals surface area contributed by atoms with Crippen LogP contribution in [0.1, 0.15) is 19.8 Å². The van der Waals surface area contributed by atoms with Crippen LogP contribution < -0.4 is 15.0 Å². The van der Waals surface area contributed by atoms with Gasteiger partial charge in [-0.1, -0.05) is 12.1 Å². The van der Waals surface area contributed by atoms with Crippen molar-refractivity contribution in [1.82, 2.24) is 5.32 Å². The molecule has 0 aromatic heterocycles. The summed E-state index contributed by atoms with van der Waals surface area (Å²) in [5, 5.41) is 9.66. The van der Waals surface area contributed by atoms with E-state index in [9.17, 15) is 19.2 Å². The van der Waals surface area contributed by atoms with Gasteiger partial charge in [0.2, 0.25) is 11.8 Å². The minimum absolute atomic E-state index is 0.0232. The number of carboxylic acid groups (broad SMARTS) is 1. The number of thioether (sulfide) groups is 1. The number of para-hydroxylation sites is 2. The first kappa shape index (κ1) is 18.8. The van der Waals surface area contributed by atoms with Crippen molar-refractivity contribution in [1.29, 1.82) is 0 Å². The Bertz CT molecular complexity index is 693. The van der Waals surface area contributed by atoms with Crippen molar-refractivity contribution in [3.8, 4) is 5.75 Å². The summed E-state index contributed by atoms with van der Waals surface area (Å²) in [6.07, 6.45) is -0.396. The van der Waals surface area contributed by atoms with Crippen molar-refractivity contribution < 1.29 is 29.0 Å². The maximum absolute atomic E-state index is 12.5. The molecule has 2 N–H and O–H groups in total. The van der Waals surface area contributed by atoms with Crippen LogP contribution in [0.25, 0.3) is 0 Å². The van der Waals surface area contributed by atoms with E-state index in [1.54, 1.807) is 31.2 Å². The summed E-state index contributed by atoms with van der Waals surface area (Å²) >= 11 is 0.776. The molecule has 0 saturated carbocycles. The summed E-state index contributed by atoms with van der Waals surface area (Å²) in [5.74, 6) is -1.57. The topological polar surface area (TPSA) is 113 Å². The Kier molecular flexibility index (Phi) is 6.40. The minimum atomic E-state index is -1.03. The van der Waals surface area contributed by atoms with E-state index in [1.807, 2.05) is 0 Å². The lowest BCUT2D eigenvalue weighted by Gasteiger charge is -2.17. The zero-order valence-electron chi connectivity index (χ0n) is 13.6. The second kappa shape index (κ2) is 8.52. The number of hydrogen-bond donors (Lipinski definition) is 2. The molecule has 0 spiro atoms. The van der Waals surface area contributed by atoms with Gasteiger partial charge in [0.05, 0.1) is 18.7 Å². The Balaban J connectivity index is 2.05. The van der Waals surface area contributed by atoms with Crippen LogP contribution in [-0.2, 0) is 14.4 Å². The van der Waals surface area contributed by atoms with Crippen molar-refractivity contribution in [2.45, 2.75) is 25.0 Å². The molecule has 0 radical (unpaired) electrons. The Morgan fingerprint density at radius 3 is 2.72 bits per heavy atom. The lowest BCUT2D eigenvalue weighted by Crippen LogP contribution is -2.35. The van der Waals surface area contributed by atoms with Crippen LogP contribution in [0.15, 0.2) is 24.3 Å². The van der Waals surface area contributed by atoms with Gasteiger partial charge < -0.3 is 15.2 Å². The molecular weight excluding hydrogens is 348 g/mol. The van der Waals surface area contributed by atoms with Crippen molar-refractivity contribution >= 4 is 40.5 Å². The number of aliphatic carboxylic acids is 1. The highest BCUT2D eigenvalue weighted by atomic mass is 32.2. The molecule has 1 aliphatic rings. The molecule has 1 aliphatic heterocycles. The molecule has 1 heterocycles. The van der Waals surface area contributed by atoms with E-state index < -0.39 is 28.3 Å². The Morgan fingerprint density at radius 1 is 1.32 bits per heavy atom. The van der Waals surface area contributed by atoms with Gasteiger partial charge in [-0.3, -0.25) is 19.2 Å². The van der Waals surface area contributed by atoms with Gasteiger partial charge in [-0.25, -0.2) is 4.90 Å². The zero-order valence-corrected chi connectivity index (χ0v) is 14.4. The van der Waals surface area contributed by atoms with Crippen LogP contribution in [0.5, 0.6) is 5.75 Å². The number of carbonyl (C=O) groups excluding carboxylic acids is 3. The molecule has 1 fully saturated rings. The second-order valence-corrected chi connectivity index (χ2v) is 6.30. The lowest BCUT2D eigenvalue weighted by molar-refractivity contribution is -0.137. The molecule has 1 aromatic carbocycles. The smallest absolute Gasteiger partial charge is 0.305 e. The maximum Gasteiger partial charge on any atom is 0.305 e. The first-order chi connectivity index (χ1) is 11.9. The number of rotatable bonds is 8. The highest BCUT2D eigenvalue weighted by Crippen LogP contribution is 2.37. The fourth-order valence-corrected chi connectivity index (χ4v) is 3.25. The van der Waals surface area contributed by atoms with Gasteiger partial charge >= 0.3 is 5.97 Å². The van der Waals surface area contributed by atoms with Crippen LogP contribution in [0.3, 0.4) is 0 Å². The van der Waals surface area contributed by atoms with Gasteiger partial charge in [0.25, 0.3) is 5.24 Å². The number of nitrogens with zero attached hydrogens (tertiary/aromatic N) is 1. The van der Waals surface area contributed by atoms with E-state index in [-0.39, 0.29) is 19.4 Å². The number of carboxylic acids is 1. The van der Waals surface area contributed by atoms with Gasteiger partial charge in [0.15, 0.2) is 0 Å². The largest absolute Gasteiger partial charge is 0.492 e. The number of imide groups is 1. The van der Waals surface area contributed by atoms with Crippen molar-refractivity contribution in [2.75, 3.05) is 18.1 Å². The van der Waals surface area contributed by atoms with E-state index in [1.165, 1.54) is 0 Å². The van der Waals surface area contributed by atoms with Gasteiger partial charge in [0, 0.05) is 13.0 Å². The molecule has 1 atom stereocenters. The van der Waals surface area contributed by atoms with Gasteiger partial charge in [-0.2, -0.15) is 0 Å². The van der Waals surface area contributed by atoms with Crippen LogP contribution in [-0.4, -0.2) is 46.5 Å². The molecule has 8 nitrogen and oxygen atoms in total. The molecule has 134 valence electrons. The third kappa shape index (κ3) is 4.72. The number of carbonyl (C=O) groups is 4. The molecule has 0 bridgehead atoms. The summed E-state index contributed by atoms with van der Waals surface area (Å²) in [7, 11) is 0. The van der Waals surface area contributed by atoms with Gasteiger partial charge in [-0.05, 0) is 30.8 Å². The minimum Gasteiger partial charge on any atom is -0.492 e. The quantitative estimate of drug-likeness (QED) is 0.719. The summed E-state index contributed by atoms with van der Waals surface area (Å²) in [6.45, 7) is 2.16. The van der Waals surface area contributed by atoms with E-state index in [2.05, 4.69) is 5.32 Å². The predicted molar refractivity (Wildman–Crippen MR) is 91.8 cm³/mol. The lowest BCUT2D eigenvalue weighted by atomic mass is 10.2. The van der Waals surface area contributed by atoms with Crippen LogP contribution in [0, 0.1) is 0 Å². The predicted octanol–water partition coefficient (Wildman–Crippen LogP) is 1.63. The zero-order chi connectivity index (χ0) is 18.4. The molecule has 0 aliphatic carbocycles. The Morgan fingerprint density at radius 2 is 2.04 bits per heavy atom. The van der Waals surface area contributed by atoms with E-state index in [0.29, 0.717) is 18.0 Å². The van der Waals surface area contributed by atoms with Gasteiger partial charge in [0.1, 0.15) is 11.0 Å². The van der Waals surface area contributed by atoms with Crippen LogP contribution in [0.4, 0.5) is 10.5 Å². The van der Waals surface area contributed by atoms with Crippen molar-refractivity contribution in [2.24, 2.45) is 0 Å². The number of nitrogens with one attached hydrogen (secondary N) is 1. The van der Waals surface area contributed by atoms with E-state index >= 15 is 0 Å². The second-order valence-electron chi connectivity index (χ2n) is 5.14. The molecule has 3 amide bonds. The van der Waals surface area contributed by atoms with Gasteiger partial charge in [-0.15, -0.1) is 0 Å². The molecule has 1 aromatic rings. The maximum atomic E-state index is 12.5. The SMILES string of the molecule is CCOc1ccccc1N1C(=O)SC(CC(=O)NCCC(=O)O)C1=O. The molecule has 2 rings (SSSR count). The highest BCUT2D eigenvalue weighted by Gasteiger charge is 2.42. The Hall–Kier alpha value is -2.55. The molecule has 1 unspecified atom stereocenters. The fourth-order valence-electron chi connectivity index (χ4n) is 2.27.